The van der Waals surface area contributed by atoms with Crippen LogP contribution in [0.3, 0.4) is 0 Å². The molecule has 0 atom stereocenters. The van der Waals surface area contributed by atoms with Gasteiger partial charge in [-0.05, 0) is 30.5 Å². The first kappa shape index (κ1) is 26.5. The quantitative estimate of drug-likeness (QED) is 0.338. The van der Waals surface area contributed by atoms with Gasteiger partial charge in [0.2, 0.25) is 5.88 Å². The molecule has 0 spiro atoms. The van der Waals surface area contributed by atoms with Crippen LogP contribution in [0.2, 0.25) is 5.02 Å². The third-order valence-corrected chi connectivity index (χ3v) is 5.84. The molecule has 1 fully saturated rings. The molecule has 3 aromatic rings. The number of aryl methyl sites for hydroxylation is 1. The molecule has 4 rings (SSSR count). The van der Waals surface area contributed by atoms with Gasteiger partial charge in [0.05, 0.1) is 22.3 Å². The van der Waals surface area contributed by atoms with Crippen LogP contribution in [0.25, 0.3) is 16.9 Å². The van der Waals surface area contributed by atoms with E-state index in [9.17, 15) is 31.1 Å². The molecule has 1 amide bonds. The molecule has 8 nitrogen and oxygen atoms in total. The highest BCUT2D eigenvalue weighted by atomic mass is 35.5. The van der Waals surface area contributed by atoms with Crippen molar-refractivity contribution in [2.75, 3.05) is 13.7 Å². The van der Waals surface area contributed by atoms with E-state index in [4.69, 9.17) is 11.6 Å². The van der Waals surface area contributed by atoms with Crippen LogP contribution in [0.1, 0.15) is 28.8 Å². The number of benzene rings is 1. The molecule has 198 valence electrons. The van der Waals surface area contributed by atoms with Gasteiger partial charge < -0.3 is 10.1 Å². The molecule has 2 heterocycles. The Morgan fingerprint density at radius 2 is 1.95 bits per heavy atom. The average molecular weight is 549 g/mol. The number of carbonyl (C=O) groups is 1. The smallest absolute Gasteiger partial charge is 0.425 e. The molecule has 0 bridgehead atoms. The highest BCUT2D eigenvalue weighted by molar-refractivity contribution is 6.34. The van der Waals surface area contributed by atoms with Crippen LogP contribution in [-0.4, -0.2) is 57.1 Å². The molecule has 15 heteroatoms. The summed E-state index contributed by atoms with van der Waals surface area (Å²) in [5, 5.41) is 10.4. The Morgan fingerprint density at radius 3 is 2.54 bits per heavy atom. The molecular formula is C22H19ClF6N6O2. The number of hydrogen-bond acceptors (Lipinski definition) is 5. The van der Waals surface area contributed by atoms with E-state index in [1.54, 1.807) is 19.3 Å². The second-order valence-corrected chi connectivity index (χ2v) is 8.80. The maximum absolute atomic E-state index is 13.8. The van der Waals surface area contributed by atoms with E-state index >= 15 is 0 Å². The Morgan fingerprint density at radius 1 is 1.24 bits per heavy atom. The minimum absolute atomic E-state index is 0.141. The summed E-state index contributed by atoms with van der Waals surface area (Å²) in [4.78, 5) is 16.8. The molecule has 0 unspecified atom stereocenters. The zero-order chi connectivity index (χ0) is 27.2. The van der Waals surface area contributed by atoms with Crippen molar-refractivity contribution in [1.29, 1.82) is 0 Å². The number of hydrogen-bond donors (Lipinski definition) is 1. The minimum Gasteiger partial charge on any atom is -0.466 e. The van der Waals surface area contributed by atoms with Crippen LogP contribution in [-0.2, 0) is 13.2 Å². The van der Waals surface area contributed by atoms with E-state index in [2.05, 4.69) is 25.2 Å². The number of aliphatic imine (C=N–C) groups is 1. The number of carbonyl (C=O) groups excluding carboxylic acids is 1. The van der Waals surface area contributed by atoms with Gasteiger partial charge in [0, 0.05) is 32.1 Å². The summed E-state index contributed by atoms with van der Waals surface area (Å²) in [7, 11) is 2.71. The van der Waals surface area contributed by atoms with Gasteiger partial charge in [-0.15, -0.1) is 5.10 Å². The molecule has 37 heavy (non-hydrogen) atoms. The Labute approximate surface area is 210 Å². The summed E-state index contributed by atoms with van der Waals surface area (Å²) in [5.41, 5.74) is -1.18. The van der Waals surface area contributed by atoms with Crippen molar-refractivity contribution in [2.45, 2.75) is 30.7 Å². The summed E-state index contributed by atoms with van der Waals surface area (Å²) >= 11 is 6.22. The molecule has 1 aliphatic rings. The van der Waals surface area contributed by atoms with Gasteiger partial charge in [-0.1, -0.05) is 17.7 Å². The van der Waals surface area contributed by atoms with Gasteiger partial charge in [-0.25, -0.2) is 9.36 Å². The molecule has 1 aromatic carbocycles. The summed E-state index contributed by atoms with van der Waals surface area (Å²) in [6, 6.07) is 4.47. The largest absolute Gasteiger partial charge is 0.466 e. The van der Waals surface area contributed by atoms with E-state index in [0.29, 0.717) is 11.1 Å². The molecular weight excluding hydrogens is 530 g/mol. The Bertz CT molecular complexity index is 1360. The van der Waals surface area contributed by atoms with Gasteiger partial charge in [-0.2, -0.15) is 31.4 Å². The predicted octanol–water partition coefficient (Wildman–Crippen LogP) is 4.85. The average Bonchev–Trinajstić information content (AvgIpc) is 3.21. The normalized spacial score (nSPS) is 15.3. The highest BCUT2D eigenvalue weighted by Gasteiger charge is 2.44. The number of alkyl halides is 6. The lowest BCUT2D eigenvalue weighted by molar-refractivity contribution is -0.159. The summed E-state index contributed by atoms with van der Waals surface area (Å²) in [6.45, 7) is -1.95. The Hall–Kier alpha value is -3.55. The fourth-order valence-corrected chi connectivity index (χ4v) is 3.88. The third kappa shape index (κ3) is 5.73. The SMILES string of the molecule is C/N=C\C1(NC(=O)c2cc(-c3cnn(-c4c(C(F)(F)F)c(OCC(F)(F)F)nn4C)c3)ccc2Cl)CC1. The van der Waals surface area contributed by atoms with E-state index in [1.807, 2.05) is 0 Å². The molecule has 1 aliphatic carbocycles. The van der Waals surface area contributed by atoms with Crippen LogP contribution >= 0.6 is 11.6 Å². The Balaban J connectivity index is 1.67. The fourth-order valence-electron chi connectivity index (χ4n) is 3.68. The number of rotatable bonds is 7. The van der Waals surface area contributed by atoms with Crippen LogP contribution in [0.15, 0.2) is 35.6 Å². The van der Waals surface area contributed by atoms with Crippen LogP contribution < -0.4 is 10.1 Å². The monoisotopic (exact) mass is 548 g/mol. The van der Waals surface area contributed by atoms with E-state index < -0.39 is 47.7 Å². The first-order chi connectivity index (χ1) is 17.2. The van der Waals surface area contributed by atoms with Crippen molar-refractivity contribution < 1.29 is 35.9 Å². The van der Waals surface area contributed by atoms with Crippen LogP contribution in [0.5, 0.6) is 5.88 Å². The number of aromatic nitrogens is 4. The van der Waals surface area contributed by atoms with E-state index in [0.717, 1.165) is 29.3 Å². The fraction of sp³-hybridized carbons (Fsp3) is 0.364. The summed E-state index contributed by atoms with van der Waals surface area (Å²) < 4.78 is 84.9. The maximum atomic E-state index is 13.8. The lowest BCUT2D eigenvalue weighted by atomic mass is 10.1. The molecule has 0 saturated heterocycles. The predicted molar refractivity (Wildman–Crippen MR) is 121 cm³/mol. The Kier molecular flexibility index (Phi) is 6.73. The molecule has 2 aromatic heterocycles. The number of halogens is 7. The molecule has 1 N–H and O–H groups in total. The van der Waals surface area contributed by atoms with Gasteiger partial charge in [0.15, 0.2) is 18.0 Å². The standard InChI is InChI=1S/C22H19ClF6N6O2/c1-30-10-20(5-6-20)32-17(36)14-7-12(3-4-15(14)23)13-8-31-35(9-13)19-16(22(27,28)29)18(33-34(19)2)37-11-21(24,25)26/h3-4,7-10H,5-6,11H2,1-2H3,(H,32,36)/b30-10-. The lowest BCUT2D eigenvalue weighted by Gasteiger charge is -2.13. The molecule has 0 aliphatic heterocycles. The van der Waals surface area contributed by atoms with E-state index in [1.165, 1.54) is 24.5 Å². The maximum Gasteiger partial charge on any atom is 0.425 e. The number of ether oxygens (including phenoxy) is 1. The van der Waals surface area contributed by atoms with Crippen LogP contribution in [0.4, 0.5) is 26.3 Å². The van der Waals surface area contributed by atoms with Crippen molar-refractivity contribution in [3.05, 3.63) is 46.7 Å². The molecule has 0 radical (unpaired) electrons. The van der Waals surface area contributed by atoms with Crippen molar-refractivity contribution >= 4 is 23.7 Å². The van der Waals surface area contributed by atoms with Gasteiger partial charge in [0.25, 0.3) is 5.91 Å². The zero-order valence-corrected chi connectivity index (χ0v) is 20.0. The number of nitrogens with zero attached hydrogens (tertiary/aromatic N) is 5. The minimum atomic E-state index is -5.09. The topological polar surface area (TPSA) is 86.3 Å². The van der Waals surface area contributed by atoms with Gasteiger partial charge in [-0.3, -0.25) is 9.79 Å². The van der Waals surface area contributed by atoms with Crippen LogP contribution in [0, 0.1) is 0 Å². The zero-order valence-electron chi connectivity index (χ0n) is 19.3. The first-order valence-corrected chi connectivity index (χ1v) is 11.1. The number of amides is 1. The summed E-state index contributed by atoms with van der Waals surface area (Å²) in [5.74, 6) is -2.33. The third-order valence-electron chi connectivity index (χ3n) is 5.51. The highest BCUT2D eigenvalue weighted by Crippen LogP contribution is 2.41. The van der Waals surface area contributed by atoms with E-state index in [-0.39, 0.29) is 10.6 Å². The second-order valence-electron chi connectivity index (χ2n) is 8.39. The van der Waals surface area contributed by atoms with Crippen molar-refractivity contribution in [2.24, 2.45) is 12.0 Å². The lowest BCUT2D eigenvalue weighted by Crippen LogP contribution is -2.38. The van der Waals surface area contributed by atoms with Crippen molar-refractivity contribution in [3.8, 4) is 22.8 Å². The van der Waals surface area contributed by atoms with Crippen molar-refractivity contribution in [1.82, 2.24) is 24.9 Å². The van der Waals surface area contributed by atoms with Gasteiger partial charge in [0.1, 0.15) is 0 Å². The van der Waals surface area contributed by atoms with Gasteiger partial charge >= 0.3 is 12.4 Å². The van der Waals surface area contributed by atoms with Crippen molar-refractivity contribution in [3.63, 3.8) is 0 Å². The second kappa shape index (κ2) is 9.39. The summed E-state index contributed by atoms with van der Waals surface area (Å²) in [6.07, 6.45) is -4.41. The molecule has 1 saturated carbocycles. The first-order valence-electron chi connectivity index (χ1n) is 10.7. The number of nitrogens with one attached hydrogen (secondary N) is 1.